The highest BCUT2D eigenvalue weighted by Gasteiger charge is 2.08. The number of pyridine rings is 1. The van der Waals surface area contributed by atoms with E-state index in [0.717, 1.165) is 10.0 Å². The molecule has 0 saturated heterocycles. The Hall–Kier alpha value is -3.58. The number of ether oxygens (including phenoxy) is 1. The summed E-state index contributed by atoms with van der Waals surface area (Å²) in [7, 11) is 0. The van der Waals surface area contributed by atoms with Crippen LogP contribution in [-0.2, 0) is 4.79 Å². The van der Waals surface area contributed by atoms with Crippen molar-refractivity contribution in [2.45, 2.75) is 0 Å². The number of rotatable bonds is 6. The lowest BCUT2D eigenvalue weighted by Gasteiger charge is -2.06. The predicted octanol–water partition coefficient (Wildman–Crippen LogP) is 4.23. The van der Waals surface area contributed by atoms with Gasteiger partial charge in [-0.25, -0.2) is 10.2 Å². The number of benzene rings is 2. The second-order valence-corrected chi connectivity index (χ2v) is 6.70. The lowest BCUT2D eigenvalue weighted by Crippen LogP contribution is -2.17. The number of hydrogen-bond acceptors (Lipinski definition) is 5. The Labute approximate surface area is 176 Å². The molecular weight excluding hydrogens is 434 g/mol. The lowest BCUT2D eigenvalue weighted by molar-refractivity contribution is -0.128. The number of hydrazone groups is 1. The molecule has 1 N–H and O–H groups in total. The molecule has 0 aliphatic rings. The second kappa shape index (κ2) is 10.1. The van der Waals surface area contributed by atoms with Crippen molar-refractivity contribution in [2.24, 2.45) is 5.10 Å². The van der Waals surface area contributed by atoms with Gasteiger partial charge in [-0.05, 0) is 42.0 Å². The average molecular weight is 450 g/mol. The normalized spacial score (nSPS) is 10.9. The van der Waals surface area contributed by atoms with Gasteiger partial charge in [0.15, 0.2) is 0 Å². The van der Waals surface area contributed by atoms with E-state index in [1.165, 1.54) is 18.5 Å². The topological polar surface area (TPSA) is 80.6 Å². The fourth-order valence-corrected chi connectivity index (χ4v) is 2.68. The number of esters is 1. The maximum absolute atomic E-state index is 12.1. The van der Waals surface area contributed by atoms with E-state index in [9.17, 15) is 9.59 Å². The molecule has 1 amide bonds. The number of nitrogens with zero attached hydrogens (tertiary/aromatic N) is 2. The van der Waals surface area contributed by atoms with Crippen molar-refractivity contribution < 1.29 is 14.3 Å². The van der Waals surface area contributed by atoms with Gasteiger partial charge in [0.05, 0.1) is 11.8 Å². The molecule has 3 rings (SSSR count). The number of hydrogen-bond donors (Lipinski definition) is 1. The SMILES string of the molecule is O=C(/C=C/c1ccccc1)Oc1ccc(Br)cc1/C=N\NC(=O)c1cccnc1. The zero-order valence-electron chi connectivity index (χ0n) is 15.2. The fraction of sp³-hybridized carbons (Fsp3) is 0. The smallest absolute Gasteiger partial charge is 0.336 e. The molecule has 0 saturated carbocycles. The number of carbonyl (C=O) groups is 2. The van der Waals surface area contributed by atoms with Crippen LogP contribution in [0.4, 0.5) is 0 Å². The maximum Gasteiger partial charge on any atom is 0.336 e. The first-order valence-electron chi connectivity index (χ1n) is 8.60. The van der Waals surface area contributed by atoms with Crippen LogP contribution in [0.1, 0.15) is 21.5 Å². The van der Waals surface area contributed by atoms with E-state index < -0.39 is 11.9 Å². The van der Waals surface area contributed by atoms with Gasteiger partial charge in [0, 0.05) is 28.5 Å². The lowest BCUT2D eigenvalue weighted by atomic mass is 10.2. The summed E-state index contributed by atoms with van der Waals surface area (Å²) in [5, 5.41) is 3.94. The van der Waals surface area contributed by atoms with Crippen molar-refractivity contribution in [2.75, 3.05) is 0 Å². The third kappa shape index (κ3) is 6.22. The monoisotopic (exact) mass is 449 g/mol. The first-order valence-corrected chi connectivity index (χ1v) is 9.39. The van der Waals surface area contributed by atoms with E-state index in [1.54, 1.807) is 42.6 Å². The Morgan fingerprint density at radius 1 is 1.07 bits per heavy atom. The van der Waals surface area contributed by atoms with Crippen molar-refractivity contribution in [3.63, 3.8) is 0 Å². The quantitative estimate of drug-likeness (QED) is 0.201. The minimum Gasteiger partial charge on any atom is -0.423 e. The van der Waals surface area contributed by atoms with Crippen molar-refractivity contribution >= 4 is 40.1 Å². The van der Waals surface area contributed by atoms with Crippen LogP contribution in [-0.4, -0.2) is 23.1 Å². The van der Waals surface area contributed by atoms with E-state index >= 15 is 0 Å². The number of amides is 1. The fourth-order valence-electron chi connectivity index (χ4n) is 2.31. The number of nitrogens with one attached hydrogen (secondary N) is 1. The molecule has 0 radical (unpaired) electrons. The number of halogens is 1. The molecular formula is C22H16BrN3O3. The van der Waals surface area contributed by atoms with Gasteiger partial charge in [-0.1, -0.05) is 46.3 Å². The second-order valence-electron chi connectivity index (χ2n) is 5.79. The standard InChI is InChI=1S/C22H16BrN3O3/c23-19-9-10-20(29-21(27)11-8-16-5-2-1-3-6-16)18(13-19)15-25-26-22(28)17-7-4-12-24-14-17/h1-15H,(H,26,28)/b11-8+,25-15-. The van der Waals surface area contributed by atoms with Crippen LogP contribution in [0, 0.1) is 0 Å². The Morgan fingerprint density at radius 3 is 2.66 bits per heavy atom. The van der Waals surface area contributed by atoms with Gasteiger partial charge in [0.2, 0.25) is 0 Å². The molecule has 7 heteroatoms. The van der Waals surface area contributed by atoms with Gasteiger partial charge in [-0.3, -0.25) is 9.78 Å². The molecule has 3 aromatic rings. The van der Waals surface area contributed by atoms with Crippen molar-refractivity contribution in [3.8, 4) is 5.75 Å². The molecule has 144 valence electrons. The van der Waals surface area contributed by atoms with E-state index in [-0.39, 0.29) is 0 Å². The summed E-state index contributed by atoms with van der Waals surface area (Å²) in [5.41, 5.74) is 4.21. The summed E-state index contributed by atoms with van der Waals surface area (Å²) < 4.78 is 6.18. The molecule has 0 spiro atoms. The van der Waals surface area contributed by atoms with E-state index in [4.69, 9.17) is 4.74 Å². The third-order valence-electron chi connectivity index (χ3n) is 3.69. The van der Waals surface area contributed by atoms with E-state index in [1.807, 2.05) is 30.3 Å². The van der Waals surface area contributed by atoms with Gasteiger partial charge in [0.1, 0.15) is 5.75 Å². The highest BCUT2D eigenvalue weighted by Crippen LogP contribution is 2.22. The summed E-state index contributed by atoms with van der Waals surface area (Å²) in [6, 6.07) is 17.8. The van der Waals surface area contributed by atoms with Crippen LogP contribution < -0.4 is 10.2 Å². The zero-order chi connectivity index (χ0) is 20.5. The Balaban J connectivity index is 1.68. The molecule has 2 aromatic carbocycles. The molecule has 0 bridgehead atoms. The number of carbonyl (C=O) groups excluding carboxylic acids is 2. The Bertz CT molecular complexity index is 1050. The summed E-state index contributed by atoms with van der Waals surface area (Å²) in [6.45, 7) is 0. The zero-order valence-corrected chi connectivity index (χ0v) is 16.7. The van der Waals surface area contributed by atoms with Crippen LogP contribution in [0.15, 0.2) is 88.7 Å². The van der Waals surface area contributed by atoms with Gasteiger partial charge in [-0.2, -0.15) is 5.10 Å². The highest BCUT2D eigenvalue weighted by atomic mass is 79.9. The number of aromatic nitrogens is 1. The molecule has 1 aromatic heterocycles. The van der Waals surface area contributed by atoms with Crippen LogP contribution in [0.5, 0.6) is 5.75 Å². The minimum absolute atomic E-state index is 0.315. The third-order valence-corrected chi connectivity index (χ3v) is 4.18. The Morgan fingerprint density at radius 2 is 1.90 bits per heavy atom. The molecule has 0 fully saturated rings. The molecule has 0 aliphatic heterocycles. The summed E-state index contributed by atoms with van der Waals surface area (Å²) in [5.74, 6) is -0.603. The first-order chi connectivity index (χ1) is 14.1. The van der Waals surface area contributed by atoms with Gasteiger partial charge < -0.3 is 4.74 Å². The molecule has 29 heavy (non-hydrogen) atoms. The summed E-state index contributed by atoms with van der Waals surface area (Å²) >= 11 is 3.37. The van der Waals surface area contributed by atoms with Crippen molar-refractivity contribution in [1.82, 2.24) is 10.4 Å². The van der Waals surface area contributed by atoms with Gasteiger partial charge in [-0.15, -0.1) is 0 Å². The largest absolute Gasteiger partial charge is 0.423 e. The van der Waals surface area contributed by atoms with E-state index in [0.29, 0.717) is 16.9 Å². The average Bonchev–Trinajstić information content (AvgIpc) is 2.75. The van der Waals surface area contributed by atoms with Crippen LogP contribution in [0.3, 0.4) is 0 Å². The molecule has 6 nitrogen and oxygen atoms in total. The minimum atomic E-state index is -0.523. The van der Waals surface area contributed by atoms with Gasteiger partial charge >= 0.3 is 5.97 Å². The first kappa shape index (κ1) is 20.2. The van der Waals surface area contributed by atoms with Crippen molar-refractivity contribution in [1.29, 1.82) is 0 Å². The van der Waals surface area contributed by atoms with Crippen molar-refractivity contribution in [3.05, 3.63) is 100 Å². The molecule has 0 aliphatic carbocycles. The summed E-state index contributed by atoms with van der Waals surface area (Å²) in [4.78, 5) is 28.1. The predicted molar refractivity (Wildman–Crippen MR) is 115 cm³/mol. The summed E-state index contributed by atoms with van der Waals surface area (Å²) in [6.07, 6.45) is 7.44. The molecule has 1 heterocycles. The van der Waals surface area contributed by atoms with Crippen LogP contribution in [0.2, 0.25) is 0 Å². The van der Waals surface area contributed by atoms with E-state index in [2.05, 4.69) is 31.4 Å². The van der Waals surface area contributed by atoms with Crippen LogP contribution >= 0.6 is 15.9 Å². The van der Waals surface area contributed by atoms with Crippen LogP contribution in [0.25, 0.3) is 6.08 Å². The maximum atomic E-state index is 12.1. The molecule has 0 atom stereocenters. The van der Waals surface area contributed by atoms with Gasteiger partial charge in [0.25, 0.3) is 5.91 Å². The highest BCUT2D eigenvalue weighted by molar-refractivity contribution is 9.10. The Kier molecular flexibility index (Phi) is 7.02. The molecule has 0 unspecified atom stereocenters.